The van der Waals surface area contributed by atoms with E-state index in [4.69, 9.17) is 4.74 Å². The molecule has 0 bridgehead atoms. The Balaban J connectivity index is 0.00000341. The number of methoxy groups -OCH3 is 1. The number of nitrogens with one attached hydrogen (secondary N) is 2. The fourth-order valence-electron chi connectivity index (χ4n) is 3.71. The van der Waals surface area contributed by atoms with Crippen molar-refractivity contribution in [2.75, 3.05) is 39.9 Å². The van der Waals surface area contributed by atoms with Gasteiger partial charge >= 0.3 is 0 Å². The third-order valence-corrected chi connectivity index (χ3v) is 5.40. The highest BCUT2D eigenvalue weighted by molar-refractivity contribution is 14.0. The molecule has 1 aromatic carbocycles. The number of hydrogen-bond donors (Lipinski definition) is 2. The number of likely N-dealkylation sites (tertiary alicyclic amines) is 1. The van der Waals surface area contributed by atoms with E-state index in [1.54, 1.807) is 13.4 Å². The molecule has 3 rings (SSSR count). The number of halogens is 1. The maximum Gasteiger partial charge on any atom is 0.191 e. The van der Waals surface area contributed by atoms with Crippen LogP contribution in [0.25, 0.3) is 0 Å². The molecule has 9 heteroatoms. The zero-order valence-electron chi connectivity index (χ0n) is 18.7. The quantitative estimate of drug-likeness (QED) is 0.208. The second kappa shape index (κ2) is 14.4. The zero-order valence-corrected chi connectivity index (χ0v) is 21.0. The Hall–Kier alpha value is -1.72. The average Bonchev–Trinajstić information content (AvgIpc) is 3.23. The number of rotatable bonds is 10. The number of aliphatic imine (C=N–C) groups is 1. The Bertz CT molecular complexity index is 760. The Morgan fingerprint density at radius 1 is 1.23 bits per heavy atom. The normalized spacial score (nSPS) is 15.5. The molecule has 0 unspecified atom stereocenters. The van der Waals surface area contributed by atoms with Gasteiger partial charge in [0.05, 0.1) is 13.2 Å². The molecule has 0 saturated carbocycles. The van der Waals surface area contributed by atoms with Gasteiger partial charge in [-0.05, 0) is 18.4 Å². The molecule has 1 aliphatic heterocycles. The first kappa shape index (κ1) is 25.5. The molecule has 1 fully saturated rings. The van der Waals surface area contributed by atoms with Crippen LogP contribution in [0.5, 0.6) is 0 Å². The van der Waals surface area contributed by atoms with Gasteiger partial charge in [-0.1, -0.05) is 37.3 Å². The minimum atomic E-state index is 0. The molecule has 2 aromatic rings. The van der Waals surface area contributed by atoms with Gasteiger partial charge in [0.15, 0.2) is 5.96 Å². The van der Waals surface area contributed by atoms with E-state index >= 15 is 0 Å². The highest BCUT2D eigenvalue weighted by Gasteiger charge is 2.20. The summed E-state index contributed by atoms with van der Waals surface area (Å²) in [5.41, 5.74) is 1.38. The SMILES string of the molecule is CCc1nncn1CCNC(=NCCOC)NC1CCN(Cc2ccccc2)CC1.I. The molecule has 31 heavy (non-hydrogen) atoms. The second-order valence-electron chi connectivity index (χ2n) is 7.62. The molecule has 1 aromatic heterocycles. The Morgan fingerprint density at radius 2 is 2.00 bits per heavy atom. The fourth-order valence-corrected chi connectivity index (χ4v) is 3.71. The number of benzene rings is 1. The van der Waals surface area contributed by atoms with Crippen LogP contribution in [-0.4, -0.2) is 71.6 Å². The number of hydrogen-bond acceptors (Lipinski definition) is 5. The second-order valence-corrected chi connectivity index (χ2v) is 7.62. The summed E-state index contributed by atoms with van der Waals surface area (Å²) in [5, 5.41) is 15.2. The molecule has 172 valence electrons. The Morgan fingerprint density at radius 3 is 2.71 bits per heavy atom. The predicted octanol–water partition coefficient (Wildman–Crippen LogP) is 2.30. The minimum absolute atomic E-state index is 0. The van der Waals surface area contributed by atoms with Crippen molar-refractivity contribution in [3.8, 4) is 0 Å². The summed E-state index contributed by atoms with van der Waals surface area (Å²) in [6.45, 7) is 8.17. The maximum absolute atomic E-state index is 5.16. The molecule has 0 aliphatic carbocycles. The molecule has 0 amide bonds. The summed E-state index contributed by atoms with van der Waals surface area (Å²) in [5.74, 6) is 1.87. The molecule has 1 aliphatic rings. The summed E-state index contributed by atoms with van der Waals surface area (Å²) in [6.07, 6.45) is 4.90. The smallest absolute Gasteiger partial charge is 0.191 e. The maximum atomic E-state index is 5.16. The lowest BCUT2D eigenvalue weighted by Crippen LogP contribution is -2.49. The largest absolute Gasteiger partial charge is 0.383 e. The third-order valence-electron chi connectivity index (χ3n) is 5.40. The lowest BCUT2D eigenvalue weighted by Gasteiger charge is -2.33. The van der Waals surface area contributed by atoms with Crippen LogP contribution >= 0.6 is 24.0 Å². The lowest BCUT2D eigenvalue weighted by molar-refractivity contribution is 0.198. The molecule has 2 N–H and O–H groups in total. The van der Waals surface area contributed by atoms with Crippen molar-refractivity contribution in [1.82, 2.24) is 30.3 Å². The van der Waals surface area contributed by atoms with E-state index in [1.807, 2.05) is 0 Å². The number of aryl methyl sites for hydroxylation is 1. The van der Waals surface area contributed by atoms with Crippen LogP contribution in [0.3, 0.4) is 0 Å². The number of piperidine rings is 1. The summed E-state index contributed by atoms with van der Waals surface area (Å²) >= 11 is 0. The highest BCUT2D eigenvalue weighted by atomic mass is 127. The van der Waals surface area contributed by atoms with Gasteiger partial charge in [0.25, 0.3) is 0 Å². The number of aromatic nitrogens is 3. The van der Waals surface area contributed by atoms with Crippen molar-refractivity contribution in [3.63, 3.8) is 0 Å². The monoisotopic (exact) mass is 541 g/mol. The topological polar surface area (TPSA) is 79.6 Å². The van der Waals surface area contributed by atoms with Crippen molar-refractivity contribution in [1.29, 1.82) is 0 Å². The van der Waals surface area contributed by atoms with Gasteiger partial charge < -0.3 is 19.9 Å². The highest BCUT2D eigenvalue weighted by Crippen LogP contribution is 2.13. The van der Waals surface area contributed by atoms with E-state index in [-0.39, 0.29) is 24.0 Å². The van der Waals surface area contributed by atoms with Gasteiger partial charge in [0, 0.05) is 52.3 Å². The van der Waals surface area contributed by atoms with Crippen molar-refractivity contribution >= 4 is 29.9 Å². The first-order valence-corrected chi connectivity index (χ1v) is 10.9. The zero-order chi connectivity index (χ0) is 21.0. The van der Waals surface area contributed by atoms with Crippen molar-refractivity contribution in [3.05, 3.63) is 48.0 Å². The van der Waals surface area contributed by atoms with E-state index in [9.17, 15) is 0 Å². The van der Waals surface area contributed by atoms with Gasteiger partial charge in [-0.15, -0.1) is 34.2 Å². The van der Waals surface area contributed by atoms with Crippen LogP contribution in [-0.2, 0) is 24.2 Å². The third kappa shape index (κ3) is 8.74. The molecular weight excluding hydrogens is 505 g/mol. The lowest BCUT2D eigenvalue weighted by atomic mass is 10.0. The van der Waals surface area contributed by atoms with Gasteiger partial charge in [0.1, 0.15) is 12.2 Å². The molecule has 0 spiro atoms. The van der Waals surface area contributed by atoms with Gasteiger partial charge in [-0.25, -0.2) is 0 Å². The minimum Gasteiger partial charge on any atom is -0.383 e. The Labute approximate surface area is 202 Å². The summed E-state index contributed by atoms with van der Waals surface area (Å²) in [6, 6.07) is 11.1. The first-order chi connectivity index (χ1) is 14.8. The number of nitrogens with zero attached hydrogens (tertiary/aromatic N) is 5. The van der Waals surface area contributed by atoms with Crippen molar-refractivity contribution < 1.29 is 4.74 Å². The van der Waals surface area contributed by atoms with Gasteiger partial charge in [0.2, 0.25) is 0 Å². The Kier molecular flexibility index (Phi) is 11.8. The summed E-state index contributed by atoms with van der Waals surface area (Å²) in [4.78, 5) is 7.20. The number of guanidine groups is 1. The van der Waals surface area contributed by atoms with Crippen LogP contribution in [0.4, 0.5) is 0 Å². The summed E-state index contributed by atoms with van der Waals surface area (Å²) < 4.78 is 7.24. The van der Waals surface area contributed by atoms with Gasteiger partial charge in [-0.2, -0.15) is 0 Å². The van der Waals surface area contributed by atoms with E-state index in [0.29, 0.717) is 19.2 Å². The van der Waals surface area contributed by atoms with E-state index in [2.05, 4.69) is 72.5 Å². The average molecular weight is 541 g/mol. The van der Waals surface area contributed by atoms with Crippen LogP contribution in [0, 0.1) is 0 Å². The molecule has 1 saturated heterocycles. The van der Waals surface area contributed by atoms with Crippen LogP contribution in [0.2, 0.25) is 0 Å². The van der Waals surface area contributed by atoms with Crippen molar-refractivity contribution in [2.24, 2.45) is 4.99 Å². The predicted molar refractivity (Wildman–Crippen MR) is 135 cm³/mol. The molecular formula is C22H36IN7O. The van der Waals surface area contributed by atoms with Crippen LogP contribution in [0.1, 0.15) is 31.2 Å². The molecule has 2 heterocycles. The standard InChI is InChI=1S/C22H35N7O.HI/c1-3-21-27-25-18-29(21)15-11-23-22(24-12-16-30-2)26-20-9-13-28(14-10-20)17-19-7-5-4-6-8-19;/h4-8,18,20H,3,9-17H2,1-2H3,(H2,23,24,26);1H. The van der Waals surface area contributed by atoms with E-state index in [0.717, 1.165) is 63.8 Å². The first-order valence-electron chi connectivity index (χ1n) is 10.9. The van der Waals surface area contributed by atoms with Gasteiger partial charge in [-0.3, -0.25) is 9.89 Å². The fraction of sp³-hybridized carbons (Fsp3) is 0.591. The van der Waals surface area contributed by atoms with Crippen molar-refractivity contribution in [2.45, 2.75) is 45.3 Å². The van der Waals surface area contributed by atoms with E-state index < -0.39 is 0 Å². The molecule has 0 atom stereocenters. The van der Waals surface area contributed by atoms with E-state index in [1.165, 1.54) is 5.56 Å². The number of ether oxygens (including phenoxy) is 1. The molecule has 0 radical (unpaired) electrons. The molecule has 8 nitrogen and oxygen atoms in total. The van der Waals surface area contributed by atoms with Crippen LogP contribution < -0.4 is 10.6 Å². The van der Waals surface area contributed by atoms with Crippen LogP contribution in [0.15, 0.2) is 41.7 Å². The summed E-state index contributed by atoms with van der Waals surface area (Å²) in [7, 11) is 1.71.